The number of aliphatic carboxylic acids is 1. The summed E-state index contributed by atoms with van der Waals surface area (Å²) in [7, 11) is 1.60. The lowest BCUT2D eigenvalue weighted by atomic mass is 9.79. The molecule has 37 heavy (non-hydrogen) atoms. The number of hydrogen-bond acceptors (Lipinski definition) is 6. The summed E-state index contributed by atoms with van der Waals surface area (Å²) >= 11 is 1.27. The fourth-order valence-corrected chi connectivity index (χ4v) is 6.13. The number of rotatable bonds is 11. The van der Waals surface area contributed by atoms with Gasteiger partial charge in [0.25, 0.3) is 0 Å². The predicted octanol–water partition coefficient (Wildman–Crippen LogP) is 5.54. The fourth-order valence-electron chi connectivity index (χ4n) is 5.17. The van der Waals surface area contributed by atoms with Gasteiger partial charge in [-0.05, 0) is 79.6 Å². The molecule has 198 valence electrons. The Morgan fingerprint density at radius 1 is 1.24 bits per heavy atom. The zero-order valence-corrected chi connectivity index (χ0v) is 21.6. The third-order valence-corrected chi connectivity index (χ3v) is 8.16. The number of hydrogen-bond donors (Lipinski definition) is 2. The van der Waals surface area contributed by atoms with Gasteiger partial charge in [0.05, 0.1) is 18.7 Å². The van der Waals surface area contributed by atoms with Crippen LogP contribution >= 0.6 is 11.8 Å². The predicted molar refractivity (Wildman–Crippen MR) is 140 cm³/mol. The number of methoxy groups -OCH3 is 1. The number of fused-ring (bicyclic) bond motifs is 1. The molecule has 2 aromatic carbocycles. The van der Waals surface area contributed by atoms with Crippen LogP contribution in [0.5, 0.6) is 5.75 Å². The number of pyridine rings is 1. The molecule has 0 radical (unpaired) electrons. The van der Waals surface area contributed by atoms with Crippen LogP contribution in [0.3, 0.4) is 0 Å². The minimum absolute atomic E-state index is 0.0383. The Hall–Kier alpha value is -2.75. The van der Waals surface area contributed by atoms with Gasteiger partial charge in [0.2, 0.25) is 0 Å². The number of aromatic nitrogens is 1. The van der Waals surface area contributed by atoms with E-state index in [-0.39, 0.29) is 23.2 Å². The van der Waals surface area contributed by atoms with Crippen molar-refractivity contribution < 1.29 is 28.5 Å². The van der Waals surface area contributed by atoms with E-state index >= 15 is 0 Å². The van der Waals surface area contributed by atoms with Crippen LogP contribution in [-0.4, -0.2) is 58.6 Å². The highest BCUT2D eigenvalue weighted by Gasteiger charge is 2.31. The van der Waals surface area contributed by atoms with E-state index in [4.69, 9.17) is 4.74 Å². The van der Waals surface area contributed by atoms with E-state index < -0.39 is 23.7 Å². The van der Waals surface area contributed by atoms with E-state index in [1.807, 2.05) is 24.3 Å². The Bertz CT molecular complexity index is 1230. The van der Waals surface area contributed by atoms with Gasteiger partial charge in [-0.3, -0.25) is 9.78 Å². The van der Waals surface area contributed by atoms with Crippen LogP contribution in [0, 0.1) is 23.5 Å². The average molecular weight is 531 g/mol. The lowest BCUT2D eigenvalue weighted by Crippen LogP contribution is -2.42. The van der Waals surface area contributed by atoms with Gasteiger partial charge < -0.3 is 19.8 Å². The van der Waals surface area contributed by atoms with Crippen molar-refractivity contribution in [3.05, 3.63) is 65.9 Å². The number of ether oxygens (including phenoxy) is 1. The minimum atomic E-state index is -0.853. The van der Waals surface area contributed by atoms with Crippen molar-refractivity contribution >= 4 is 28.6 Å². The molecule has 2 N–H and O–H groups in total. The number of carboxylic acids is 1. The topological polar surface area (TPSA) is 82.9 Å². The lowest BCUT2D eigenvalue weighted by Gasteiger charge is -2.38. The number of halogens is 2. The Kier molecular flexibility index (Phi) is 9.34. The number of thioether (sulfide) groups is 1. The van der Waals surface area contributed by atoms with Gasteiger partial charge in [0.15, 0.2) is 11.6 Å². The Morgan fingerprint density at radius 2 is 2.08 bits per heavy atom. The molecule has 1 saturated heterocycles. The van der Waals surface area contributed by atoms with Crippen LogP contribution in [0.2, 0.25) is 0 Å². The summed E-state index contributed by atoms with van der Waals surface area (Å²) in [5, 5.41) is 21.4. The molecule has 6 nitrogen and oxygen atoms in total. The first-order valence-electron chi connectivity index (χ1n) is 12.5. The van der Waals surface area contributed by atoms with Crippen molar-refractivity contribution in [2.75, 3.05) is 32.5 Å². The molecule has 9 heteroatoms. The van der Waals surface area contributed by atoms with E-state index in [9.17, 15) is 23.8 Å². The average Bonchev–Trinajstić information content (AvgIpc) is 2.89. The fraction of sp³-hybridized carbons (Fsp3) is 0.429. The number of carboxylic acid groups (broad SMARTS) is 1. The van der Waals surface area contributed by atoms with E-state index in [1.54, 1.807) is 19.4 Å². The molecule has 3 aromatic rings. The molecule has 1 fully saturated rings. The third-order valence-electron chi connectivity index (χ3n) is 7.15. The van der Waals surface area contributed by atoms with Crippen molar-refractivity contribution in [2.24, 2.45) is 11.8 Å². The van der Waals surface area contributed by atoms with Crippen molar-refractivity contribution in [2.45, 2.75) is 36.7 Å². The molecule has 0 spiro atoms. The SMILES string of the molecule is COc1ccc2nccc([C@H](O)CC[C@@H]3CCN(CCSc4cccc(F)c4F)C[C@@H]3CC(=O)O)c2c1. The maximum absolute atomic E-state index is 13.9. The van der Waals surface area contributed by atoms with E-state index in [0.29, 0.717) is 37.4 Å². The second-order valence-corrected chi connectivity index (χ2v) is 10.6. The number of nitrogens with zero attached hydrogens (tertiary/aromatic N) is 2. The summed E-state index contributed by atoms with van der Waals surface area (Å²) in [5.41, 5.74) is 1.57. The Labute approximate surface area is 219 Å². The largest absolute Gasteiger partial charge is 0.497 e. The molecule has 1 aliphatic rings. The summed E-state index contributed by atoms with van der Waals surface area (Å²) in [6.07, 6.45) is 3.12. The first-order valence-corrected chi connectivity index (χ1v) is 13.5. The number of aliphatic hydroxyl groups is 1. The number of likely N-dealkylation sites (tertiary alicyclic amines) is 1. The number of benzene rings is 2. The molecule has 3 atom stereocenters. The smallest absolute Gasteiger partial charge is 0.303 e. The molecular formula is C28H32F2N2O4S. The summed E-state index contributed by atoms with van der Waals surface area (Å²) in [6.45, 7) is 2.10. The first kappa shape index (κ1) is 27.3. The van der Waals surface area contributed by atoms with Crippen molar-refractivity contribution in [1.29, 1.82) is 0 Å². The Balaban J connectivity index is 1.35. The van der Waals surface area contributed by atoms with Crippen LogP contribution in [0.25, 0.3) is 10.9 Å². The maximum Gasteiger partial charge on any atom is 0.303 e. The van der Waals surface area contributed by atoms with Crippen LogP contribution in [-0.2, 0) is 4.79 Å². The molecule has 0 aliphatic carbocycles. The molecule has 0 saturated carbocycles. The molecular weight excluding hydrogens is 498 g/mol. The van der Waals surface area contributed by atoms with E-state index in [2.05, 4.69) is 9.88 Å². The van der Waals surface area contributed by atoms with E-state index in [1.165, 1.54) is 17.8 Å². The zero-order chi connectivity index (χ0) is 26.4. The van der Waals surface area contributed by atoms with Gasteiger partial charge in [0.1, 0.15) is 5.75 Å². The van der Waals surface area contributed by atoms with Crippen LogP contribution < -0.4 is 4.74 Å². The molecule has 0 bridgehead atoms. The number of carbonyl (C=O) groups is 1. The first-order chi connectivity index (χ1) is 17.9. The number of piperidine rings is 1. The molecule has 0 unspecified atom stereocenters. The minimum Gasteiger partial charge on any atom is -0.497 e. The lowest BCUT2D eigenvalue weighted by molar-refractivity contribution is -0.139. The van der Waals surface area contributed by atoms with Crippen molar-refractivity contribution in [1.82, 2.24) is 9.88 Å². The van der Waals surface area contributed by atoms with Gasteiger partial charge in [-0.1, -0.05) is 6.07 Å². The highest BCUT2D eigenvalue weighted by atomic mass is 32.2. The standard InChI is InChI=1S/C28H32F2N2O4S/c1-36-20-6-7-24-22(16-20)21(9-11-31-24)25(33)8-5-18-10-12-32(17-19(18)15-27(34)35)13-14-37-26-4-2-3-23(29)28(26)30/h2-4,6-7,9,11,16,18-19,25,33H,5,8,10,12-15,17H2,1H3,(H,34,35)/t18-,19+,25-/m1/s1. The van der Waals surface area contributed by atoms with Crippen LogP contribution in [0.1, 0.15) is 37.4 Å². The summed E-state index contributed by atoms with van der Waals surface area (Å²) in [4.78, 5) is 18.4. The number of aliphatic hydroxyl groups excluding tert-OH is 1. The maximum atomic E-state index is 13.9. The summed E-state index contributed by atoms with van der Waals surface area (Å²) < 4.78 is 32.7. The van der Waals surface area contributed by atoms with Gasteiger partial charge >= 0.3 is 5.97 Å². The molecule has 2 heterocycles. The normalized spacial score (nSPS) is 19.1. The zero-order valence-electron chi connectivity index (χ0n) is 20.8. The van der Waals surface area contributed by atoms with Gasteiger partial charge in [-0.25, -0.2) is 8.78 Å². The second kappa shape index (κ2) is 12.7. The second-order valence-electron chi connectivity index (χ2n) is 9.48. The molecule has 1 aromatic heterocycles. The molecule has 4 rings (SSSR count). The van der Waals surface area contributed by atoms with Crippen molar-refractivity contribution in [3.63, 3.8) is 0 Å². The van der Waals surface area contributed by atoms with Gasteiger partial charge in [0, 0.05) is 41.7 Å². The quantitative estimate of drug-likeness (QED) is 0.315. The summed E-state index contributed by atoms with van der Waals surface area (Å²) in [5.74, 6) is -1.09. The van der Waals surface area contributed by atoms with Crippen molar-refractivity contribution in [3.8, 4) is 5.75 Å². The summed E-state index contributed by atoms with van der Waals surface area (Å²) in [6, 6.07) is 11.6. The molecule has 0 amide bonds. The highest BCUT2D eigenvalue weighted by Crippen LogP contribution is 2.35. The van der Waals surface area contributed by atoms with Gasteiger partial charge in [-0.2, -0.15) is 0 Å². The monoisotopic (exact) mass is 530 g/mol. The van der Waals surface area contributed by atoms with Gasteiger partial charge in [-0.15, -0.1) is 11.8 Å². The molecule has 1 aliphatic heterocycles. The van der Waals surface area contributed by atoms with Crippen LogP contribution in [0.4, 0.5) is 8.78 Å². The Morgan fingerprint density at radius 3 is 2.86 bits per heavy atom. The van der Waals surface area contributed by atoms with Crippen LogP contribution in [0.15, 0.2) is 53.6 Å². The third kappa shape index (κ3) is 6.97. The van der Waals surface area contributed by atoms with E-state index in [0.717, 1.165) is 35.5 Å². The highest BCUT2D eigenvalue weighted by molar-refractivity contribution is 7.99.